The molecule has 0 atom stereocenters. The van der Waals surface area contributed by atoms with Crippen LogP contribution < -0.4 is 0 Å². The van der Waals surface area contributed by atoms with E-state index < -0.39 is 0 Å². The first-order valence-electron chi connectivity index (χ1n) is 7.26. The summed E-state index contributed by atoms with van der Waals surface area (Å²) in [5, 5.41) is 0. The molecule has 2 heteroatoms. The van der Waals surface area contributed by atoms with Gasteiger partial charge in [-0.3, -0.25) is 4.79 Å². The molecule has 1 aromatic carbocycles. The predicted molar refractivity (Wildman–Crippen MR) is 77.8 cm³/mol. The number of hydrogen-bond acceptors (Lipinski definition) is 2. The fourth-order valence-electron chi connectivity index (χ4n) is 2.83. The van der Waals surface area contributed by atoms with Crippen molar-refractivity contribution in [3.05, 3.63) is 34.4 Å². The second-order valence-electron chi connectivity index (χ2n) is 5.84. The summed E-state index contributed by atoms with van der Waals surface area (Å²) in [6, 6.07) is 4.07. The maximum absolute atomic E-state index is 12.2. The van der Waals surface area contributed by atoms with Crippen molar-refractivity contribution in [2.75, 3.05) is 13.2 Å². The summed E-state index contributed by atoms with van der Waals surface area (Å²) in [6.45, 7) is 7.09. The predicted octanol–water partition coefficient (Wildman–Crippen LogP) is 4.00. The van der Waals surface area contributed by atoms with Crippen LogP contribution >= 0.6 is 0 Å². The van der Waals surface area contributed by atoms with Gasteiger partial charge in [0.05, 0.1) is 6.61 Å². The molecule has 2 nitrogen and oxygen atoms in total. The van der Waals surface area contributed by atoms with E-state index in [1.807, 2.05) is 19.9 Å². The first-order valence-corrected chi connectivity index (χ1v) is 7.26. The molecule has 1 aromatic rings. The number of carbonyl (C=O) groups excluding carboxylic acids is 1. The third-order valence-electron chi connectivity index (χ3n) is 4.20. The zero-order valence-electron chi connectivity index (χ0n) is 12.3. The van der Waals surface area contributed by atoms with E-state index in [2.05, 4.69) is 13.0 Å². The highest BCUT2D eigenvalue weighted by molar-refractivity contribution is 5.98. The van der Waals surface area contributed by atoms with Gasteiger partial charge in [-0.05, 0) is 62.3 Å². The summed E-state index contributed by atoms with van der Waals surface area (Å²) in [5.74, 6) is 0.784. The Kier molecular flexibility index (Phi) is 4.76. The van der Waals surface area contributed by atoms with Crippen molar-refractivity contribution in [3.63, 3.8) is 0 Å². The van der Waals surface area contributed by atoms with Crippen molar-refractivity contribution in [2.24, 2.45) is 5.92 Å². The normalized spacial score (nSPS) is 15.9. The zero-order valence-corrected chi connectivity index (χ0v) is 12.3. The minimum absolute atomic E-state index is 0.110. The molecule has 1 aliphatic carbocycles. The Labute approximate surface area is 116 Å². The molecule has 0 heterocycles. The Morgan fingerprint density at radius 2 is 1.74 bits per heavy atom. The Bertz CT molecular complexity index is 457. The van der Waals surface area contributed by atoms with E-state index in [4.69, 9.17) is 4.74 Å². The Morgan fingerprint density at radius 1 is 1.11 bits per heavy atom. The van der Waals surface area contributed by atoms with Crippen LogP contribution in [0.1, 0.15) is 52.7 Å². The lowest BCUT2D eigenvalue weighted by Crippen LogP contribution is -2.14. The number of carbonyl (C=O) groups is 1. The summed E-state index contributed by atoms with van der Waals surface area (Å²) < 4.78 is 5.61. The van der Waals surface area contributed by atoms with Gasteiger partial charge in [-0.25, -0.2) is 0 Å². The lowest BCUT2D eigenvalue weighted by Gasteiger charge is -2.11. The number of aryl methyl sites for hydroxylation is 3. The third kappa shape index (κ3) is 3.66. The van der Waals surface area contributed by atoms with Gasteiger partial charge in [-0.1, -0.05) is 18.9 Å². The van der Waals surface area contributed by atoms with Crippen LogP contribution in [0.3, 0.4) is 0 Å². The smallest absolute Gasteiger partial charge is 0.188 e. The SMILES string of the molecule is Cc1cc(C)c(C(=O)COCC2CCCC2)cc1C. The van der Waals surface area contributed by atoms with E-state index in [0.29, 0.717) is 5.92 Å². The van der Waals surface area contributed by atoms with Gasteiger partial charge in [-0.2, -0.15) is 0 Å². The number of ether oxygens (including phenoxy) is 1. The molecule has 1 fully saturated rings. The van der Waals surface area contributed by atoms with Gasteiger partial charge in [0.2, 0.25) is 0 Å². The minimum atomic E-state index is 0.110. The number of rotatable bonds is 5. The molecule has 0 unspecified atom stereocenters. The van der Waals surface area contributed by atoms with Crippen molar-refractivity contribution < 1.29 is 9.53 Å². The van der Waals surface area contributed by atoms with Crippen molar-refractivity contribution in [1.82, 2.24) is 0 Å². The van der Waals surface area contributed by atoms with Crippen molar-refractivity contribution in [3.8, 4) is 0 Å². The molecule has 0 saturated heterocycles. The standard InChI is InChI=1S/C17H24O2/c1-12-8-14(3)16(9-13(12)2)17(18)11-19-10-15-6-4-5-7-15/h8-9,15H,4-7,10-11H2,1-3H3. The molecule has 1 saturated carbocycles. The number of ketones is 1. The summed E-state index contributed by atoms with van der Waals surface area (Å²) >= 11 is 0. The molecule has 2 rings (SSSR count). The second-order valence-corrected chi connectivity index (χ2v) is 5.84. The van der Waals surface area contributed by atoms with Crippen LogP contribution in [0.25, 0.3) is 0 Å². The van der Waals surface area contributed by atoms with Crippen LogP contribution in [0.4, 0.5) is 0 Å². The van der Waals surface area contributed by atoms with Crippen LogP contribution in [-0.2, 0) is 4.74 Å². The van der Waals surface area contributed by atoms with Gasteiger partial charge < -0.3 is 4.74 Å². The van der Waals surface area contributed by atoms with Gasteiger partial charge in [0.1, 0.15) is 6.61 Å². The van der Waals surface area contributed by atoms with Crippen molar-refractivity contribution >= 4 is 5.78 Å². The molecule has 0 aliphatic heterocycles. The Balaban J connectivity index is 1.90. The lowest BCUT2D eigenvalue weighted by molar-refractivity contribution is 0.0680. The van der Waals surface area contributed by atoms with E-state index in [1.165, 1.54) is 36.8 Å². The molecule has 0 aromatic heterocycles. The lowest BCUT2D eigenvalue weighted by atomic mass is 9.98. The Hall–Kier alpha value is -1.15. The van der Waals surface area contributed by atoms with Gasteiger partial charge in [0, 0.05) is 5.56 Å². The molecule has 1 aliphatic rings. The highest BCUT2D eigenvalue weighted by Gasteiger charge is 2.16. The van der Waals surface area contributed by atoms with E-state index in [9.17, 15) is 4.79 Å². The number of hydrogen-bond donors (Lipinski definition) is 0. The summed E-state index contributed by atoms with van der Waals surface area (Å²) in [6.07, 6.45) is 5.16. The van der Waals surface area contributed by atoms with Crippen LogP contribution in [0, 0.1) is 26.7 Å². The number of benzene rings is 1. The quantitative estimate of drug-likeness (QED) is 0.748. The first kappa shape index (κ1) is 14.3. The summed E-state index contributed by atoms with van der Waals surface area (Å²) in [4.78, 5) is 12.2. The van der Waals surface area contributed by atoms with Gasteiger partial charge >= 0.3 is 0 Å². The maximum Gasteiger partial charge on any atom is 0.188 e. The first-order chi connectivity index (χ1) is 9.08. The van der Waals surface area contributed by atoms with Gasteiger partial charge in [-0.15, -0.1) is 0 Å². The average molecular weight is 260 g/mol. The molecule has 0 amide bonds. The van der Waals surface area contributed by atoms with Crippen LogP contribution in [0.5, 0.6) is 0 Å². The van der Waals surface area contributed by atoms with Crippen LogP contribution in [0.15, 0.2) is 12.1 Å². The van der Waals surface area contributed by atoms with Gasteiger partial charge in [0.25, 0.3) is 0 Å². The molecule has 19 heavy (non-hydrogen) atoms. The zero-order chi connectivity index (χ0) is 13.8. The van der Waals surface area contributed by atoms with E-state index in [-0.39, 0.29) is 12.4 Å². The van der Waals surface area contributed by atoms with E-state index in [0.717, 1.165) is 17.7 Å². The minimum Gasteiger partial charge on any atom is -0.373 e. The van der Waals surface area contributed by atoms with Crippen LogP contribution in [0.2, 0.25) is 0 Å². The maximum atomic E-state index is 12.2. The molecule has 0 spiro atoms. The van der Waals surface area contributed by atoms with Crippen LogP contribution in [-0.4, -0.2) is 19.0 Å². The van der Waals surface area contributed by atoms with E-state index in [1.54, 1.807) is 0 Å². The fourth-order valence-corrected chi connectivity index (χ4v) is 2.83. The molecular weight excluding hydrogens is 236 g/mol. The molecule has 0 N–H and O–H groups in total. The fraction of sp³-hybridized carbons (Fsp3) is 0.588. The molecular formula is C17H24O2. The summed E-state index contributed by atoms with van der Waals surface area (Å²) in [5.41, 5.74) is 4.28. The van der Waals surface area contributed by atoms with Gasteiger partial charge in [0.15, 0.2) is 5.78 Å². The monoisotopic (exact) mass is 260 g/mol. The highest BCUT2D eigenvalue weighted by atomic mass is 16.5. The largest absolute Gasteiger partial charge is 0.373 e. The van der Waals surface area contributed by atoms with Crippen molar-refractivity contribution in [2.45, 2.75) is 46.5 Å². The summed E-state index contributed by atoms with van der Waals surface area (Å²) in [7, 11) is 0. The van der Waals surface area contributed by atoms with Crippen molar-refractivity contribution in [1.29, 1.82) is 0 Å². The van der Waals surface area contributed by atoms with E-state index >= 15 is 0 Å². The third-order valence-corrected chi connectivity index (χ3v) is 4.20. The topological polar surface area (TPSA) is 26.3 Å². The molecule has 0 bridgehead atoms. The number of Topliss-reactive ketones (excluding diaryl/α,β-unsaturated/α-hetero) is 1. The second kappa shape index (κ2) is 6.33. The highest BCUT2D eigenvalue weighted by Crippen LogP contribution is 2.24. The average Bonchev–Trinajstić information content (AvgIpc) is 2.86. The molecule has 0 radical (unpaired) electrons. The Morgan fingerprint density at radius 3 is 2.42 bits per heavy atom. The molecule has 104 valence electrons.